The van der Waals surface area contributed by atoms with Crippen LogP contribution >= 0.6 is 0 Å². The molecule has 0 aromatic heterocycles. The molecule has 1 aliphatic carbocycles. The van der Waals surface area contributed by atoms with Crippen LogP contribution in [0.3, 0.4) is 0 Å². The van der Waals surface area contributed by atoms with E-state index in [9.17, 15) is 0 Å². The maximum absolute atomic E-state index is 2.40. The van der Waals surface area contributed by atoms with Gasteiger partial charge in [-0.2, -0.15) is 0 Å². The number of hydrogen-bond donors (Lipinski definition) is 0. The maximum Gasteiger partial charge on any atom is -1.00 e. The molecule has 0 saturated carbocycles. The molecule has 4 heteroatoms. The van der Waals surface area contributed by atoms with Crippen LogP contribution in [0.1, 0.15) is 40.2 Å². The van der Waals surface area contributed by atoms with Gasteiger partial charge in [-0.1, -0.05) is 0 Å². The fraction of sp³-hybridized carbons (Fsp3) is 0.154. The van der Waals surface area contributed by atoms with E-state index >= 15 is 0 Å². The number of allylic oxidation sites excluding steroid dienone is 4. The summed E-state index contributed by atoms with van der Waals surface area (Å²) in [7, 11) is 0. The summed E-state index contributed by atoms with van der Waals surface area (Å²) in [6, 6.07) is 28.7. The zero-order chi connectivity index (χ0) is 18.8. The second kappa shape index (κ2) is 11.9. The van der Waals surface area contributed by atoms with Gasteiger partial charge >= 0.3 is 174 Å². The van der Waals surface area contributed by atoms with Crippen LogP contribution in [-0.4, -0.2) is 0 Å². The van der Waals surface area contributed by atoms with E-state index in [2.05, 4.69) is 119 Å². The summed E-state index contributed by atoms with van der Waals surface area (Å²) in [6.45, 7) is 4.36. The van der Waals surface area contributed by atoms with Crippen LogP contribution in [0.25, 0.3) is 5.57 Å². The Morgan fingerprint density at radius 3 is 1.73 bits per heavy atom. The molecule has 152 valence electrons. The van der Waals surface area contributed by atoms with Crippen molar-refractivity contribution in [3.8, 4) is 0 Å². The number of hydrogen-bond acceptors (Lipinski definition) is 0. The molecule has 0 radical (unpaired) electrons. The SMILES string of the molecule is Cc1cccc(C(C2=[C]([Ti+3])C(c3ccccc3)=CC2)c2cccc(C)c2)c1.[Cl-].[Cl-].[Cl-]. The monoisotopic (exact) mass is 488 g/mol. The van der Waals surface area contributed by atoms with Gasteiger partial charge in [0.05, 0.1) is 0 Å². The summed E-state index contributed by atoms with van der Waals surface area (Å²) in [6.07, 6.45) is 3.42. The minimum atomic E-state index is 0. The fourth-order valence-corrected chi connectivity index (χ4v) is 4.79. The van der Waals surface area contributed by atoms with Gasteiger partial charge in [0.2, 0.25) is 0 Å². The van der Waals surface area contributed by atoms with Gasteiger partial charge in [-0.05, 0) is 0 Å². The molecule has 30 heavy (non-hydrogen) atoms. The Labute approximate surface area is 210 Å². The molecular weight excluding hydrogens is 467 g/mol. The van der Waals surface area contributed by atoms with Crippen LogP contribution in [-0.2, 0) is 20.4 Å². The van der Waals surface area contributed by atoms with Crippen LogP contribution in [0.2, 0.25) is 0 Å². The van der Waals surface area contributed by atoms with E-state index in [1.807, 2.05) is 0 Å². The molecule has 4 rings (SSSR count). The van der Waals surface area contributed by atoms with Crippen molar-refractivity contribution in [1.82, 2.24) is 0 Å². The van der Waals surface area contributed by atoms with Gasteiger partial charge in [0.15, 0.2) is 0 Å². The fourth-order valence-electron chi connectivity index (χ4n) is 4.03. The van der Waals surface area contributed by atoms with Crippen molar-refractivity contribution in [2.45, 2.75) is 26.2 Å². The van der Waals surface area contributed by atoms with Crippen molar-refractivity contribution in [1.29, 1.82) is 0 Å². The predicted molar refractivity (Wildman–Crippen MR) is 110 cm³/mol. The minimum Gasteiger partial charge on any atom is -1.00 e. The molecule has 0 heterocycles. The summed E-state index contributed by atoms with van der Waals surface area (Å²) < 4.78 is 1.43. The molecule has 0 amide bonds. The molecule has 3 aromatic carbocycles. The number of halogens is 3. The van der Waals surface area contributed by atoms with Crippen LogP contribution in [0.15, 0.2) is 94.4 Å². The molecule has 0 N–H and O–H groups in total. The summed E-state index contributed by atoms with van der Waals surface area (Å²) >= 11 is 2.29. The molecule has 1 aliphatic rings. The first kappa shape index (κ1) is 26.8. The minimum absolute atomic E-state index is 0. The van der Waals surface area contributed by atoms with E-state index in [-0.39, 0.29) is 37.2 Å². The Hall–Kier alpha value is -1.28. The Bertz CT molecular complexity index is 993. The third kappa shape index (κ3) is 5.70. The van der Waals surface area contributed by atoms with Crippen molar-refractivity contribution in [2.24, 2.45) is 0 Å². The molecule has 0 saturated heterocycles. The first-order chi connectivity index (χ1) is 13.1. The van der Waals surface area contributed by atoms with Crippen molar-refractivity contribution in [2.75, 3.05) is 0 Å². The molecule has 0 nitrogen and oxygen atoms in total. The zero-order valence-corrected chi connectivity index (χ0v) is 20.8. The van der Waals surface area contributed by atoms with Crippen molar-refractivity contribution >= 4 is 5.57 Å². The molecular formula is C26H23Cl3Ti. The summed E-state index contributed by atoms with van der Waals surface area (Å²) in [4.78, 5) is 0. The van der Waals surface area contributed by atoms with E-state index in [0.29, 0.717) is 5.92 Å². The second-order valence-corrected chi connectivity index (χ2v) is 8.13. The average Bonchev–Trinajstić information content (AvgIpc) is 3.04. The third-order valence-corrected chi connectivity index (χ3v) is 6.22. The topological polar surface area (TPSA) is 0 Å². The molecule has 0 unspecified atom stereocenters. The smallest absolute Gasteiger partial charge is 1.00 e. The first-order valence-electron chi connectivity index (χ1n) is 9.47. The third-order valence-electron chi connectivity index (χ3n) is 5.30. The number of benzene rings is 3. The van der Waals surface area contributed by atoms with Crippen LogP contribution in [0, 0.1) is 13.8 Å². The quantitative estimate of drug-likeness (QED) is 0.363. The van der Waals surface area contributed by atoms with E-state index in [4.69, 9.17) is 0 Å². The van der Waals surface area contributed by atoms with Gasteiger partial charge in [0.25, 0.3) is 0 Å². The molecule has 0 spiro atoms. The van der Waals surface area contributed by atoms with Crippen LogP contribution in [0.5, 0.6) is 0 Å². The Balaban J connectivity index is 0.00000150. The summed E-state index contributed by atoms with van der Waals surface area (Å²) in [5.41, 5.74) is 9.63. The number of aryl methyl sites for hydroxylation is 2. The Kier molecular flexibility index (Phi) is 10.6. The van der Waals surface area contributed by atoms with Crippen LogP contribution in [0.4, 0.5) is 0 Å². The average molecular weight is 490 g/mol. The van der Waals surface area contributed by atoms with E-state index in [1.54, 1.807) is 0 Å². The van der Waals surface area contributed by atoms with E-state index in [1.165, 1.54) is 42.8 Å². The van der Waals surface area contributed by atoms with Crippen LogP contribution < -0.4 is 37.2 Å². The Morgan fingerprint density at radius 1 is 0.700 bits per heavy atom. The van der Waals surface area contributed by atoms with Crippen molar-refractivity contribution in [3.63, 3.8) is 0 Å². The van der Waals surface area contributed by atoms with E-state index in [0.717, 1.165) is 6.42 Å². The largest absolute Gasteiger partial charge is 1.00 e. The predicted octanol–water partition coefficient (Wildman–Crippen LogP) is -2.26. The van der Waals surface area contributed by atoms with Gasteiger partial charge in [-0.25, -0.2) is 0 Å². The van der Waals surface area contributed by atoms with Gasteiger partial charge in [-0.3, -0.25) is 0 Å². The standard InChI is InChI=1S/C26H23.3ClH.Ti/c1-19-8-6-12-23(16-19)26(24-13-7-9-20(2)17-24)25-15-14-22(18-25)21-10-4-3-5-11-21;;;;/h3-14,16-17,26H,15H2,1-2H3;3*1H;/q;;;;+3/p-3. The second-order valence-electron chi connectivity index (χ2n) is 7.35. The molecule has 3 aromatic rings. The van der Waals surface area contributed by atoms with Gasteiger partial charge in [-0.15, -0.1) is 0 Å². The Morgan fingerprint density at radius 2 is 1.23 bits per heavy atom. The summed E-state index contributed by atoms with van der Waals surface area (Å²) in [5, 5.41) is 0. The molecule has 0 fully saturated rings. The first-order valence-corrected chi connectivity index (χ1v) is 10.3. The molecule has 0 aliphatic heterocycles. The maximum atomic E-state index is 2.40. The van der Waals surface area contributed by atoms with E-state index < -0.39 is 0 Å². The van der Waals surface area contributed by atoms with Crippen molar-refractivity contribution < 1.29 is 57.7 Å². The normalized spacial score (nSPS) is 12.6. The molecule has 0 atom stereocenters. The van der Waals surface area contributed by atoms with Gasteiger partial charge < -0.3 is 37.2 Å². The van der Waals surface area contributed by atoms with Gasteiger partial charge in [0.1, 0.15) is 0 Å². The van der Waals surface area contributed by atoms with Gasteiger partial charge in [0, 0.05) is 0 Å². The zero-order valence-electron chi connectivity index (χ0n) is 17.0. The number of rotatable bonds is 4. The summed E-state index contributed by atoms with van der Waals surface area (Å²) in [5.74, 6) is 0.308. The van der Waals surface area contributed by atoms with Crippen molar-refractivity contribution in [3.05, 3.63) is 122 Å². The molecule has 0 bridgehead atoms.